The molecule has 0 fully saturated rings. The van der Waals surface area contributed by atoms with Crippen molar-refractivity contribution in [2.75, 3.05) is 40.5 Å². The molecule has 3 atom stereocenters. The summed E-state index contributed by atoms with van der Waals surface area (Å²) in [5, 5.41) is 54.8. The highest BCUT2D eigenvalue weighted by molar-refractivity contribution is 6.65. The van der Waals surface area contributed by atoms with Crippen LogP contribution in [0.1, 0.15) is 6.42 Å². The summed E-state index contributed by atoms with van der Waals surface area (Å²) >= 11 is 0. The Bertz CT molecular complexity index is 457. The fourth-order valence-corrected chi connectivity index (χ4v) is 4.06. The molecule has 0 saturated carbocycles. The Kier molecular flexibility index (Phi) is 12.0. The van der Waals surface area contributed by atoms with Crippen LogP contribution in [0.2, 0.25) is 6.04 Å². The van der Waals surface area contributed by atoms with E-state index < -0.39 is 64.8 Å². The topological polar surface area (TPSA) is 204 Å². The molecule has 28 heavy (non-hydrogen) atoms. The first-order valence-electron chi connectivity index (χ1n) is 8.22. The van der Waals surface area contributed by atoms with E-state index in [-0.39, 0.29) is 12.5 Å². The van der Waals surface area contributed by atoms with Crippen LogP contribution < -0.4 is 0 Å². The summed E-state index contributed by atoms with van der Waals surface area (Å²) in [7, 11) is -1.27. The number of carbonyl (C=O) groups is 3. The average molecular weight is 429 g/mol. The van der Waals surface area contributed by atoms with Crippen LogP contribution in [0.3, 0.4) is 0 Å². The second-order valence-corrected chi connectivity index (χ2v) is 8.43. The van der Waals surface area contributed by atoms with Gasteiger partial charge in [-0.2, -0.15) is 0 Å². The van der Waals surface area contributed by atoms with Gasteiger partial charge in [-0.3, -0.25) is 14.4 Å². The van der Waals surface area contributed by atoms with Gasteiger partial charge >= 0.3 is 26.7 Å². The summed E-state index contributed by atoms with van der Waals surface area (Å²) in [5.41, 5.74) is 0. The lowest BCUT2D eigenvalue weighted by Crippen LogP contribution is -2.55. The molecule has 13 nitrogen and oxygen atoms in total. The third-order valence-corrected chi connectivity index (χ3v) is 5.69. The van der Waals surface area contributed by atoms with Crippen molar-refractivity contribution in [2.45, 2.75) is 30.8 Å². The molecule has 0 aromatic rings. The number of aliphatic hydroxyl groups is 6. The van der Waals surface area contributed by atoms with Crippen molar-refractivity contribution in [1.29, 1.82) is 0 Å². The van der Waals surface area contributed by atoms with Crippen LogP contribution in [0.25, 0.3) is 0 Å². The van der Waals surface area contributed by atoms with E-state index in [0.717, 1.165) is 0 Å². The maximum absolute atomic E-state index is 11.9. The van der Waals surface area contributed by atoms with Gasteiger partial charge in [-0.05, 0) is 27.1 Å². The lowest BCUT2D eigenvalue weighted by Gasteiger charge is -2.29. The Morgan fingerprint density at radius 1 is 0.786 bits per heavy atom. The molecule has 3 unspecified atom stereocenters. The summed E-state index contributed by atoms with van der Waals surface area (Å²) in [6, 6.07) is -0.358. The molecule has 0 bridgehead atoms. The van der Waals surface area contributed by atoms with E-state index in [4.69, 9.17) is 28.6 Å². The van der Waals surface area contributed by atoms with Crippen molar-refractivity contribution < 1.29 is 58.3 Å². The second-order valence-electron chi connectivity index (χ2n) is 5.95. The molecule has 0 rings (SSSR count). The number of nitrogens with zero attached hydrogens (tertiary/aromatic N) is 1. The van der Waals surface area contributed by atoms with Crippen LogP contribution in [0, 0.1) is 0 Å². The van der Waals surface area contributed by atoms with Crippen molar-refractivity contribution in [2.24, 2.45) is 0 Å². The normalized spacial score (nSPS) is 16.6. The standard InChI is InChI=1S/C14H27NO12Si/c1-15(2)4-3-5-28(25-12(22)9(19)6-16,26-13(23)10(20)7-17)27-14(24)11(21)8-18/h9-11,16-21H,3-8H2,1-2H3. The Labute approximate surface area is 162 Å². The molecule has 0 aromatic heterocycles. The van der Waals surface area contributed by atoms with Gasteiger partial charge < -0.3 is 48.8 Å². The van der Waals surface area contributed by atoms with Crippen molar-refractivity contribution in [3.05, 3.63) is 0 Å². The fourth-order valence-electron chi connectivity index (χ4n) is 1.71. The highest BCUT2D eigenvalue weighted by atomic mass is 28.4. The van der Waals surface area contributed by atoms with Gasteiger partial charge in [0.05, 0.1) is 25.9 Å². The Balaban J connectivity index is 5.80. The Morgan fingerprint density at radius 3 is 1.36 bits per heavy atom. The van der Waals surface area contributed by atoms with Crippen molar-refractivity contribution in [3.63, 3.8) is 0 Å². The molecule has 0 amide bonds. The molecule has 164 valence electrons. The first kappa shape index (κ1) is 26.3. The molecule has 0 heterocycles. The van der Waals surface area contributed by atoms with E-state index in [0.29, 0.717) is 6.54 Å². The SMILES string of the molecule is CN(C)CCC[Si](OC(=O)C(O)CO)(OC(=O)C(O)CO)OC(=O)C(O)CO. The van der Waals surface area contributed by atoms with Crippen LogP contribution in [0.4, 0.5) is 0 Å². The number of hydrogen-bond acceptors (Lipinski definition) is 13. The van der Waals surface area contributed by atoms with Crippen LogP contribution in [-0.4, -0.2) is 121 Å². The van der Waals surface area contributed by atoms with Crippen molar-refractivity contribution in [3.8, 4) is 0 Å². The maximum Gasteiger partial charge on any atom is 0.705 e. The highest BCUT2D eigenvalue weighted by Crippen LogP contribution is 2.21. The van der Waals surface area contributed by atoms with E-state index >= 15 is 0 Å². The van der Waals surface area contributed by atoms with E-state index in [2.05, 4.69) is 0 Å². The lowest BCUT2D eigenvalue weighted by molar-refractivity contribution is -0.163. The quantitative estimate of drug-likeness (QED) is 0.153. The third-order valence-electron chi connectivity index (χ3n) is 3.19. The van der Waals surface area contributed by atoms with E-state index in [1.165, 1.54) is 0 Å². The molecule has 0 aliphatic rings. The van der Waals surface area contributed by atoms with Crippen LogP contribution in [-0.2, 0) is 27.7 Å². The lowest BCUT2D eigenvalue weighted by atomic mass is 10.4. The van der Waals surface area contributed by atoms with Gasteiger partial charge in [0.25, 0.3) is 0 Å². The monoisotopic (exact) mass is 429 g/mol. The summed E-state index contributed by atoms with van der Waals surface area (Å²) in [5.74, 6) is -4.43. The van der Waals surface area contributed by atoms with Gasteiger partial charge in [0.2, 0.25) is 0 Å². The molecule has 0 aliphatic carbocycles. The number of hydrogen-bond donors (Lipinski definition) is 6. The first-order chi connectivity index (χ1) is 13.0. The van der Waals surface area contributed by atoms with E-state index in [1.807, 2.05) is 0 Å². The van der Waals surface area contributed by atoms with Gasteiger partial charge in [-0.25, -0.2) is 0 Å². The molecule has 0 saturated heterocycles. The van der Waals surface area contributed by atoms with Gasteiger partial charge in [0.1, 0.15) is 0 Å². The van der Waals surface area contributed by atoms with Crippen molar-refractivity contribution >= 4 is 26.7 Å². The predicted molar refractivity (Wildman–Crippen MR) is 91.3 cm³/mol. The zero-order chi connectivity index (χ0) is 21.9. The van der Waals surface area contributed by atoms with E-state index in [9.17, 15) is 29.7 Å². The fraction of sp³-hybridized carbons (Fsp3) is 0.786. The number of carbonyl (C=O) groups excluding carboxylic acids is 3. The van der Waals surface area contributed by atoms with Gasteiger partial charge in [-0.15, -0.1) is 0 Å². The number of rotatable bonds is 13. The minimum absolute atomic E-state index is 0.146. The summed E-state index contributed by atoms with van der Waals surface area (Å²) < 4.78 is 14.7. The zero-order valence-electron chi connectivity index (χ0n) is 15.6. The van der Waals surface area contributed by atoms with Crippen molar-refractivity contribution in [1.82, 2.24) is 4.90 Å². The number of aliphatic hydroxyl groups excluding tert-OH is 6. The molecule has 0 spiro atoms. The molecular formula is C14H27NO12Si. The zero-order valence-corrected chi connectivity index (χ0v) is 16.6. The molecule has 0 aromatic carbocycles. The maximum atomic E-state index is 11.9. The predicted octanol–water partition coefficient (Wildman–Crippen LogP) is -4.43. The smallest absolute Gasteiger partial charge is 0.453 e. The molecule has 0 aliphatic heterocycles. The second kappa shape index (κ2) is 12.7. The summed E-state index contributed by atoms with van der Waals surface area (Å²) in [4.78, 5) is 37.4. The highest BCUT2D eigenvalue weighted by Gasteiger charge is 2.54. The first-order valence-corrected chi connectivity index (χ1v) is 10.1. The van der Waals surface area contributed by atoms with Crippen LogP contribution in [0.5, 0.6) is 0 Å². The molecular weight excluding hydrogens is 402 g/mol. The van der Waals surface area contributed by atoms with Gasteiger partial charge in [-0.1, -0.05) is 0 Å². The summed E-state index contributed by atoms with van der Waals surface area (Å²) in [6.07, 6.45) is -5.97. The largest absolute Gasteiger partial charge is 0.705 e. The Morgan fingerprint density at radius 2 is 1.11 bits per heavy atom. The van der Waals surface area contributed by atoms with Crippen LogP contribution in [0.15, 0.2) is 0 Å². The van der Waals surface area contributed by atoms with Gasteiger partial charge in [0, 0.05) is 0 Å². The van der Waals surface area contributed by atoms with Gasteiger partial charge in [0.15, 0.2) is 18.3 Å². The molecule has 14 heteroatoms. The van der Waals surface area contributed by atoms with Crippen LogP contribution >= 0.6 is 0 Å². The minimum Gasteiger partial charge on any atom is -0.453 e. The molecule has 0 radical (unpaired) electrons. The van der Waals surface area contributed by atoms with E-state index in [1.54, 1.807) is 19.0 Å². The third kappa shape index (κ3) is 9.02. The molecule has 6 N–H and O–H groups in total. The Hall–Kier alpha value is -1.65. The average Bonchev–Trinajstić information content (AvgIpc) is 2.65. The minimum atomic E-state index is -4.68. The summed E-state index contributed by atoms with van der Waals surface area (Å²) in [6.45, 7) is -2.76.